The average Bonchev–Trinajstić information content (AvgIpc) is 2.56. The minimum Gasteiger partial charge on any atom is -0.481 e. The minimum atomic E-state index is -0.935. The van der Waals surface area contributed by atoms with Gasteiger partial charge in [-0.3, -0.25) is 14.4 Å². The molecule has 2 rings (SSSR count). The number of benzene rings is 1. The van der Waals surface area contributed by atoms with E-state index in [9.17, 15) is 14.4 Å². The van der Waals surface area contributed by atoms with Crippen LogP contribution in [0, 0.1) is 0 Å². The van der Waals surface area contributed by atoms with Crippen LogP contribution in [0.1, 0.15) is 53.6 Å². The molecule has 0 saturated heterocycles. The lowest BCUT2D eigenvalue weighted by atomic mass is 9.89. The molecule has 1 N–H and O–H groups in total. The first-order chi connectivity index (χ1) is 11.0. The SMILES string of the molecule is CN(CCC(=O)O)C(=O)CCC(=O)c1ccc2c(c1)CCCC2. The molecule has 23 heavy (non-hydrogen) atoms. The van der Waals surface area contributed by atoms with Gasteiger partial charge in [0.25, 0.3) is 0 Å². The average molecular weight is 317 g/mol. The van der Waals surface area contributed by atoms with Gasteiger partial charge in [-0.15, -0.1) is 0 Å². The standard InChI is InChI=1S/C18H23NO4/c1-19(11-10-18(22)23)17(21)9-8-16(20)15-7-6-13-4-2-3-5-14(13)12-15/h6-7,12H,2-5,8-11H2,1H3,(H,22,23). The third-order valence-corrected chi connectivity index (χ3v) is 4.32. The molecule has 1 aromatic carbocycles. The van der Waals surface area contributed by atoms with Gasteiger partial charge < -0.3 is 10.0 Å². The molecule has 0 saturated carbocycles. The Morgan fingerprint density at radius 1 is 1.04 bits per heavy atom. The van der Waals surface area contributed by atoms with Crippen molar-refractivity contribution in [2.75, 3.05) is 13.6 Å². The summed E-state index contributed by atoms with van der Waals surface area (Å²) in [7, 11) is 1.56. The summed E-state index contributed by atoms with van der Waals surface area (Å²) in [6, 6.07) is 5.85. The van der Waals surface area contributed by atoms with Gasteiger partial charge in [-0.25, -0.2) is 0 Å². The van der Waals surface area contributed by atoms with Gasteiger partial charge in [0.2, 0.25) is 5.91 Å². The van der Waals surface area contributed by atoms with Gasteiger partial charge >= 0.3 is 5.97 Å². The topological polar surface area (TPSA) is 74.7 Å². The first-order valence-corrected chi connectivity index (χ1v) is 8.08. The number of hydrogen-bond acceptors (Lipinski definition) is 3. The summed E-state index contributed by atoms with van der Waals surface area (Å²) in [6.07, 6.45) is 4.67. The summed E-state index contributed by atoms with van der Waals surface area (Å²) in [5.41, 5.74) is 3.26. The Hall–Kier alpha value is -2.17. The summed E-state index contributed by atoms with van der Waals surface area (Å²) in [5.74, 6) is -1.16. The Bertz CT molecular complexity index is 609. The molecule has 0 spiro atoms. The number of carbonyl (C=O) groups is 3. The first-order valence-electron chi connectivity index (χ1n) is 8.08. The van der Waals surface area contributed by atoms with Crippen molar-refractivity contribution in [2.45, 2.75) is 44.9 Å². The van der Waals surface area contributed by atoms with Crippen molar-refractivity contribution in [1.29, 1.82) is 0 Å². The fraction of sp³-hybridized carbons (Fsp3) is 0.500. The zero-order valence-corrected chi connectivity index (χ0v) is 13.5. The van der Waals surface area contributed by atoms with Crippen molar-refractivity contribution in [2.24, 2.45) is 0 Å². The van der Waals surface area contributed by atoms with Gasteiger partial charge in [0, 0.05) is 32.0 Å². The number of carboxylic acid groups (broad SMARTS) is 1. The quantitative estimate of drug-likeness (QED) is 0.784. The van der Waals surface area contributed by atoms with Crippen LogP contribution in [-0.2, 0) is 22.4 Å². The number of hydrogen-bond donors (Lipinski definition) is 1. The largest absolute Gasteiger partial charge is 0.481 e. The highest BCUT2D eigenvalue weighted by molar-refractivity contribution is 5.98. The van der Waals surface area contributed by atoms with Gasteiger partial charge in [0.15, 0.2) is 5.78 Å². The summed E-state index contributed by atoms with van der Waals surface area (Å²) < 4.78 is 0. The van der Waals surface area contributed by atoms with E-state index in [4.69, 9.17) is 5.11 Å². The van der Waals surface area contributed by atoms with Crippen LogP contribution >= 0.6 is 0 Å². The second-order valence-corrected chi connectivity index (χ2v) is 6.07. The fourth-order valence-electron chi connectivity index (χ4n) is 2.85. The van der Waals surface area contributed by atoms with E-state index >= 15 is 0 Å². The van der Waals surface area contributed by atoms with E-state index in [0.29, 0.717) is 5.56 Å². The van der Waals surface area contributed by atoms with Crippen molar-refractivity contribution in [1.82, 2.24) is 4.90 Å². The highest BCUT2D eigenvalue weighted by Gasteiger charge is 2.16. The van der Waals surface area contributed by atoms with E-state index in [0.717, 1.165) is 19.3 Å². The molecule has 0 unspecified atom stereocenters. The molecular weight excluding hydrogens is 294 g/mol. The van der Waals surface area contributed by atoms with Crippen molar-refractivity contribution in [3.63, 3.8) is 0 Å². The third-order valence-electron chi connectivity index (χ3n) is 4.32. The molecule has 0 fully saturated rings. The lowest BCUT2D eigenvalue weighted by Gasteiger charge is -2.17. The number of aliphatic carboxylic acids is 1. The number of aryl methyl sites for hydroxylation is 2. The molecule has 0 atom stereocenters. The van der Waals surface area contributed by atoms with Crippen LogP contribution in [0.25, 0.3) is 0 Å². The second-order valence-electron chi connectivity index (χ2n) is 6.07. The van der Waals surface area contributed by atoms with Crippen LogP contribution in [0.4, 0.5) is 0 Å². The summed E-state index contributed by atoms with van der Waals surface area (Å²) >= 11 is 0. The van der Waals surface area contributed by atoms with E-state index in [1.807, 2.05) is 18.2 Å². The molecule has 1 aromatic rings. The first kappa shape index (κ1) is 17.2. The van der Waals surface area contributed by atoms with Crippen LogP contribution in [0.2, 0.25) is 0 Å². The molecular formula is C18H23NO4. The monoisotopic (exact) mass is 317 g/mol. The number of carbonyl (C=O) groups excluding carboxylic acids is 2. The predicted molar refractivity (Wildman–Crippen MR) is 86.5 cm³/mol. The molecule has 5 heteroatoms. The molecule has 0 aromatic heterocycles. The van der Waals surface area contributed by atoms with Crippen molar-refractivity contribution in [3.05, 3.63) is 34.9 Å². The third kappa shape index (κ3) is 4.91. The fourth-order valence-corrected chi connectivity index (χ4v) is 2.85. The number of ketones is 1. The zero-order valence-electron chi connectivity index (χ0n) is 13.5. The minimum absolute atomic E-state index is 0.0293. The molecule has 1 aliphatic rings. The molecule has 124 valence electrons. The number of rotatable bonds is 7. The molecule has 0 aliphatic heterocycles. The van der Waals surface area contributed by atoms with Gasteiger partial charge in [-0.05, 0) is 42.9 Å². The molecule has 5 nitrogen and oxygen atoms in total. The number of fused-ring (bicyclic) bond motifs is 1. The Morgan fingerprint density at radius 3 is 2.43 bits per heavy atom. The van der Waals surface area contributed by atoms with Gasteiger partial charge in [-0.2, -0.15) is 0 Å². The Morgan fingerprint density at radius 2 is 1.74 bits per heavy atom. The lowest BCUT2D eigenvalue weighted by molar-refractivity contribution is -0.138. The highest BCUT2D eigenvalue weighted by Crippen LogP contribution is 2.23. The normalized spacial score (nSPS) is 13.3. The summed E-state index contributed by atoms with van der Waals surface area (Å²) in [5, 5.41) is 8.62. The number of carboxylic acids is 1. The van der Waals surface area contributed by atoms with Gasteiger partial charge in [0.1, 0.15) is 0 Å². The van der Waals surface area contributed by atoms with Crippen LogP contribution in [0.5, 0.6) is 0 Å². The lowest BCUT2D eigenvalue weighted by Crippen LogP contribution is -2.29. The Kier molecular flexibility index (Phi) is 5.90. The number of nitrogens with zero attached hydrogens (tertiary/aromatic N) is 1. The van der Waals surface area contributed by atoms with E-state index in [1.165, 1.54) is 22.4 Å². The van der Waals surface area contributed by atoms with Crippen molar-refractivity contribution in [3.8, 4) is 0 Å². The van der Waals surface area contributed by atoms with Crippen LogP contribution in [0.15, 0.2) is 18.2 Å². The van der Waals surface area contributed by atoms with Crippen LogP contribution < -0.4 is 0 Å². The highest BCUT2D eigenvalue weighted by atomic mass is 16.4. The summed E-state index contributed by atoms with van der Waals surface area (Å²) in [6.45, 7) is 0.168. The van der Waals surface area contributed by atoms with Gasteiger partial charge in [-0.1, -0.05) is 12.1 Å². The molecule has 0 radical (unpaired) electrons. The second kappa shape index (κ2) is 7.90. The van der Waals surface area contributed by atoms with Crippen LogP contribution in [-0.4, -0.2) is 41.3 Å². The zero-order chi connectivity index (χ0) is 16.8. The number of amides is 1. The Balaban J connectivity index is 1.87. The van der Waals surface area contributed by atoms with E-state index in [2.05, 4.69) is 0 Å². The smallest absolute Gasteiger partial charge is 0.305 e. The maximum atomic E-state index is 12.3. The van der Waals surface area contributed by atoms with E-state index in [-0.39, 0.29) is 37.5 Å². The van der Waals surface area contributed by atoms with Crippen LogP contribution in [0.3, 0.4) is 0 Å². The van der Waals surface area contributed by atoms with E-state index < -0.39 is 5.97 Å². The molecule has 1 aliphatic carbocycles. The molecule has 0 heterocycles. The predicted octanol–water partition coefficient (Wildman–Crippen LogP) is 2.46. The van der Waals surface area contributed by atoms with Gasteiger partial charge in [0.05, 0.1) is 6.42 Å². The number of Topliss-reactive ketones (excluding diaryl/α,β-unsaturated/α-hetero) is 1. The molecule has 0 bridgehead atoms. The summed E-state index contributed by atoms with van der Waals surface area (Å²) in [4.78, 5) is 36.0. The molecule has 1 amide bonds. The van der Waals surface area contributed by atoms with Crippen molar-refractivity contribution < 1.29 is 19.5 Å². The maximum absolute atomic E-state index is 12.3. The Labute approximate surface area is 136 Å². The van der Waals surface area contributed by atoms with Crippen molar-refractivity contribution >= 4 is 17.7 Å². The van der Waals surface area contributed by atoms with E-state index in [1.54, 1.807) is 7.05 Å². The maximum Gasteiger partial charge on any atom is 0.305 e.